The second kappa shape index (κ2) is 4.78. The maximum Gasteiger partial charge on any atom is 0.159 e. The zero-order chi connectivity index (χ0) is 11.4. The van der Waals surface area contributed by atoms with Crippen LogP contribution in [0.25, 0.3) is 5.57 Å². The highest BCUT2D eigenvalue weighted by atomic mass is 16.1. The lowest BCUT2D eigenvalue weighted by Crippen LogP contribution is -2.02. The number of hydrogen-bond acceptors (Lipinski definition) is 2. The largest absolute Gasteiger partial charge is 0.385 e. The van der Waals surface area contributed by atoms with Crippen molar-refractivity contribution in [3.05, 3.63) is 35.9 Å². The van der Waals surface area contributed by atoms with Gasteiger partial charge in [0.25, 0.3) is 0 Å². The summed E-state index contributed by atoms with van der Waals surface area (Å²) in [6.45, 7) is 10.3. The molecule has 0 aliphatic carbocycles. The lowest BCUT2D eigenvalue weighted by Gasteiger charge is -2.11. The van der Waals surface area contributed by atoms with Crippen LogP contribution < -0.4 is 5.32 Å². The van der Waals surface area contributed by atoms with Crippen LogP contribution >= 0.6 is 0 Å². The van der Waals surface area contributed by atoms with E-state index in [0.29, 0.717) is 0 Å². The molecule has 1 aromatic rings. The van der Waals surface area contributed by atoms with E-state index >= 15 is 0 Å². The van der Waals surface area contributed by atoms with Crippen LogP contribution in [0.5, 0.6) is 0 Å². The number of carbonyl (C=O) groups excluding carboxylic acids is 1. The van der Waals surface area contributed by atoms with E-state index in [-0.39, 0.29) is 5.78 Å². The average molecular weight is 203 g/mol. The molecule has 0 saturated carbocycles. The van der Waals surface area contributed by atoms with Gasteiger partial charge in [-0.1, -0.05) is 18.7 Å². The van der Waals surface area contributed by atoms with E-state index in [1.54, 1.807) is 6.92 Å². The number of nitrogens with one attached hydrogen (secondary N) is 1. The van der Waals surface area contributed by atoms with Gasteiger partial charge < -0.3 is 5.32 Å². The van der Waals surface area contributed by atoms with Crippen molar-refractivity contribution in [3.63, 3.8) is 0 Å². The summed E-state index contributed by atoms with van der Waals surface area (Å²) in [4.78, 5) is 11.2. The maximum atomic E-state index is 11.2. The van der Waals surface area contributed by atoms with Gasteiger partial charge in [0.1, 0.15) is 0 Å². The quantitative estimate of drug-likeness (QED) is 0.760. The van der Waals surface area contributed by atoms with E-state index in [0.717, 1.165) is 28.9 Å². The predicted molar refractivity (Wildman–Crippen MR) is 65.3 cm³/mol. The number of Topliss-reactive ketones (excluding diaryl/α,β-unsaturated/α-hetero) is 1. The number of allylic oxidation sites excluding steroid dienone is 1. The molecule has 0 aliphatic rings. The van der Waals surface area contributed by atoms with E-state index in [2.05, 4.69) is 11.9 Å². The van der Waals surface area contributed by atoms with Gasteiger partial charge in [0.2, 0.25) is 0 Å². The van der Waals surface area contributed by atoms with E-state index in [9.17, 15) is 4.79 Å². The Bertz CT molecular complexity index is 394. The molecule has 2 heteroatoms. The lowest BCUT2D eigenvalue weighted by molar-refractivity contribution is 0.101. The molecule has 80 valence electrons. The van der Waals surface area contributed by atoms with Crippen LogP contribution in [-0.4, -0.2) is 12.3 Å². The second-order valence-corrected chi connectivity index (χ2v) is 3.63. The highest BCUT2D eigenvalue weighted by Gasteiger charge is 2.06. The smallest absolute Gasteiger partial charge is 0.159 e. The number of hydrogen-bond donors (Lipinski definition) is 1. The minimum absolute atomic E-state index is 0.0856. The first-order chi connectivity index (χ1) is 7.06. The number of ketones is 1. The third-order valence-corrected chi connectivity index (χ3v) is 2.25. The molecule has 0 unspecified atom stereocenters. The standard InChI is InChI=1S/C13H17NO/c1-5-14-13-8-11(10(4)15)6-7-12(13)9(2)3/h6-8,14H,2,5H2,1,3-4H3. The Morgan fingerprint density at radius 1 is 1.40 bits per heavy atom. The van der Waals surface area contributed by atoms with Crippen molar-refractivity contribution in [1.82, 2.24) is 0 Å². The molecular weight excluding hydrogens is 186 g/mol. The molecule has 1 aromatic carbocycles. The third kappa shape index (κ3) is 2.69. The van der Waals surface area contributed by atoms with Crippen LogP contribution in [0.2, 0.25) is 0 Å². The van der Waals surface area contributed by atoms with E-state index in [1.165, 1.54) is 0 Å². The molecule has 0 amide bonds. The summed E-state index contributed by atoms with van der Waals surface area (Å²) in [6, 6.07) is 5.67. The van der Waals surface area contributed by atoms with Crippen molar-refractivity contribution in [2.75, 3.05) is 11.9 Å². The van der Waals surface area contributed by atoms with Crippen molar-refractivity contribution in [1.29, 1.82) is 0 Å². The highest BCUT2D eigenvalue weighted by molar-refractivity contribution is 5.96. The van der Waals surface area contributed by atoms with Crippen LogP contribution in [0.4, 0.5) is 5.69 Å². The highest BCUT2D eigenvalue weighted by Crippen LogP contribution is 2.24. The van der Waals surface area contributed by atoms with E-state index in [1.807, 2.05) is 32.0 Å². The van der Waals surface area contributed by atoms with Crippen molar-refractivity contribution in [3.8, 4) is 0 Å². The van der Waals surface area contributed by atoms with Gasteiger partial charge >= 0.3 is 0 Å². The molecule has 0 saturated heterocycles. The summed E-state index contributed by atoms with van der Waals surface area (Å²) in [5, 5.41) is 3.24. The molecule has 0 aromatic heterocycles. The molecule has 0 aliphatic heterocycles. The molecular formula is C13H17NO. The van der Waals surface area contributed by atoms with Gasteiger partial charge in [0.15, 0.2) is 5.78 Å². The van der Waals surface area contributed by atoms with Crippen LogP contribution in [0.1, 0.15) is 36.7 Å². The molecule has 2 nitrogen and oxygen atoms in total. The Labute approximate surface area is 91.0 Å². The summed E-state index contributed by atoms with van der Waals surface area (Å²) in [7, 11) is 0. The molecule has 0 heterocycles. The number of carbonyl (C=O) groups is 1. The van der Waals surface area contributed by atoms with Gasteiger partial charge in [-0.05, 0) is 38.0 Å². The summed E-state index contributed by atoms with van der Waals surface area (Å²) in [5.41, 5.74) is 3.79. The normalized spacial score (nSPS) is 9.80. The first kappa shape index (κ1) is 11.5. The maximum absolute atomic E-state index is 11.2. The van der Waals surface area contributed by atoms with Crippen LogP contribution in [0.15, 0.2) is 24.8 Å². The van der Waals surface area contributed by atoms with E-state index in [4.69, 9.17) is 0 Å². The molecule has 0 bridgehead atoms. The van der Waals surface area contributed by atoms with Gasteiger partial charge in [-0.2, -0.15) is 0 Å². The van der Waals surface area contributed by atoms with Gasteiger partial charge in [-0.15, -0.1) is 0 Å². The fraction of sp³-hybridized carbons (Fsp3) is 0.308. The lowest BCUT2D eigenvalue weighted by atomic mass is 10.0. The zero-order valence-electron chi connectivity index (χ0n) is 9.55. The van der Waals surface area contributed by atoms with Crippen molar-refractivity contribution in [2.24, 2.45) is 0 Å². The topological polar surface area (TPSA) is 29.1 Å². The molecule has 0 radical (unpaired) electrons. The Balaban J connectivity index is 3.20. The summed E-state index contributed by atoms with van der Waals surface area (Å²) >= 11 is 0. The minimum Gasteiger partial charge on any atom is -0.385 e. The molecule has 0 atom stereocenters. The monoisotopic (exact) mass is 203 g/mol. The Kier molecular flexibility index (Phi) is 3.67. The third-order valence-electron chi connectivity index (χ3n) is 2.25. The zero-order valence-corrected chi connectivity index (χ0v) is 9.55. The fourth-order valence-corrected chi connectivity index (χ4v) is 1.47. The van der Waals surface area contributed by atoms with Gasteiger partial charge in [0.05, 0.1) is 0 Å². The number of anilines is 1. The van der Waals surface area contributed by atoms with Crippen LogP contribution in [0.3, 0.4) is 0 Å². The summed E-state index contributed by atoms with van der Waals surface area (Å²) in [6.07, 6.45) is 0. The van der Waals surface area contributed by atoms with Crippen LogP contribution in [-0.2, 0) is 0 Å². The number of benzene rings is 1. The first-order valence-corrected chi connectivity index (χ1v) is 5.11. The average Bonchev–Trinajstić information content (AvgIpc) is 2.17. The molecule has 1 N–H and O–H groups in total. The predicted octanol–water partition coefficient (Wildman–Crippen LogP) is 3.35. The minimum atomic E-state index is 0.0856. The second-order valence-electron chi connectivity index (χ2n) is 3.63. The SMILES string of the molecule is C=C(C)c1ccc(C(C)=O)cc1NCC. The summed E-state index contributed by atoms with van der Waals surface area (Å²) < 4.78 is 0. The van der Waals surface area contributed by atoms with Gasteiger partial charge in [-0.25, -0.2) is 0 Å². The first-order valence-electron chi connectivity index (χ1n) is 5.11. The van der Waals surface area contributed by atoms with Crippen molar-refractivity contribution in [2.45, 2.75) is 20.8 Å². The molecule has 1 rings (SSSR count). The molecule has 0 spiro atoms. The Morgan fingerprint density at radius 3 is 2.53 bits per heavy atom. The van der Waals surface area contributed by atoms with Crippen molar-refractivity contribution < 1.29 is 4.79 Å². The molecule has 15 heavy (non-hydrogen) atoms. The summed E-state index contributed by atoms with van der Waals surface area (Å²) in [5.74, 6) is 0.0856. The molecule has 0 fully saturated rings. The number of rotatable bonds is 4. The van der Waals surface area contributed by atoms with Gasteiger partial charge in [0, 0.05) is 17.8 Å². The Hall–Kier alpha value is -1.57. The fourth-order valence-electron chi connectivity index (χ4n) is 1.47. The van der Waals surface area contributed by atoms with Gasteiger partial charge in [-0.3, -0.25) is 4.79 Å². The van der Waals surface area contributed by atoms with Crippen molar-refractivity contribution >= 4 is 17.0 Å². The Morgan fingerprint density at radius 2 is 2.07 bits per heavy atom. The van der Waals surface area contributed by atoms with Crippen LogP contribution in [0, 0.1) is 0 Å². The van der Waals surface area contributed by atoms with E-state index < -0.39 is 0 Å².